The molecule has 0 unspecified atom stereocenters. The Kier molecular flexibility index (Phi) is 6.33. The quantitative estimate of drug-likeness (QED) is 0.476. The van der Waals surface area contributed by atoms with Crippen molar-refractivity contribution in [2.75, 3.05) is 0 Å². The lowest BCUT2D eigenvalue weighted by Crippen LogP contribution is -2.21. The predicted octanol–water partition coefficient (Wildman–Crippen LogP) is 0.729. The molecule has 8 heteroatoms. The van der Waals surface area contributed by atoms with Gasteiger partial charge < -0.3 is 9.84 Å². The summed E-state index contributed by atoms with van der Waals surface area (Å²) in [4.78, 5) is 28.5. The van der Waals surface area contributed by atoms with Gasteiger partial charge in [-0.25, -0.2) is 4.79 Å². The second kappa shape index (κ2) is 5.95. The summed E-state index contributed by atoms with van der Waals surface area (Å²) >= 11 is 0. The molecule has 0 atom stereocenters. The van der Waals surface area contributed by atoms with Gasteiger partial charge in [-0.1, -0.05) is 0 Å². The van der Waals surface area contributed by atoms with Crippen molar-refractivity contribution in [3.8, 4) is 0 Å². The summed E-state index contributed by atoms with van der Waals surface area (Å²) in [5, 5.41) is 7.12. The third kappa shape index (κ3) is 13.0. The third-order valence-electron chi connectivity index (χ3n) is 0.530. The Balaban J connectivity index is 0. The van der Waals surface area contributed by atoms with E-state index in [1.165, 1.54) is 13.8 Å². The lowest BCUT2D eigenvalue weighted by atomic mass is 10.7. The van der Waals surface area contributed by atoms with E-state index in [-0.39, 0.29) is 0 Å². The van der Waals surface area contributed by atoms with E-state index in [9.17, 15) is 22.8 Å². The summed E-state index contributed by atoms with van der Waals surface area (Å²) in [5.74, 6) is -3.88. The molecule has 0 radical (unpaired) electrons. The predicted molar refractivity (Wildman–Crippen MR) is 36.1 cm³/mol. The molecule has 0 aromatic heterocycles. The zero-order chi connectivity index (χ0) is 11.9. The van der Waals surface area contributed by atoms with Gasteiger partial charge in [-0.05, 0) is 0 Å². The number of carboxylic acid groups (broad SMARTS) is 1. The van der Waals surface area contributed by atoms with Crippen LogP contribution in [-0.2, 0) is 19.1 Å². The zero-order valence-corrected chi connectivity index (χ0v) is 7.21. The number of alkyl halides is 3. The molecule has 0 bridgehead atoms. The van der Waals surface area contributed by atoms with E-state index in [0.29, 0.717) is 0 Å². The lowest BCUT2D eigenvalue weighted by Gasteiger charge is -1.93. The zero-order valence-electron chi connectivity index (χ0n) is 7.21. The molecule has 14 heavy (non-hydrogen) atoms. The van der Waals surface area contributed by atoms with E-state index in [1.54, 1.807) is 0 Å². The first-order chi connectivity index (χ1) is 6.07. The van der Waals surface area contributed by atoms with Crippen molar-refractivity contribution in [2.24, 2.45) is 0 Å². The molecule has 0 fully saturated rings. The van der Waals surface area contributed by atoms with Crippen molar-refractivity contribution in [1.29, 1.82) is 0 Å². The summed E-state index contributed by atoms with van der Waals surface area (Å²) in [6.45, 7) is 2.36. The van der Waals surface area contributed by atoms with Crippen LogP contribution in [0.4, 0.5) is 13.2 Å². The summed E-state index contributed by atoms with van der Waals surface area (Å²) in [6, 6.07) is 0. The largest absolute Gasteiger partial charge is 0.490 e. The smallest absolute Gasteiger partial charge is 0.475 e. The van der Waals surface area contributed by atoms with E-state index in [2.05, 4.69) is 4.74 Å². The first kappa shape index (κ1) is 14.9. The number of esters is 2. The molecule has 0 aliphatic rings. The fourth-order valence-corrected chi connectivity index (χ4v) is 0.202. The summed E-state index contributed by atoms with van der Waals surface area (Å²) < 4.78 is 35.7. The minimum Gasteiger partial charge on any atom is -0.475 e. The molecule has 0 spiro atoms. The monoisotopic (exact) mass is 216 g/mol. The first-order valence-electron chi connectivity index (χ1n) is 3.06. The van der Waals surface area contributed by atoms with Crippen LogP contribution in [0.3, 0.4) is 0 Å². The number of aliphatic carboxylic acids is 1. The summed E-state index contributed by atoms with van der Waals surface area (Å²) in [5.41, 5.74) is 0. The Morgan fingerprint density at radius 3 is 1.29 bits per heavy atom. The van der Waals surface area contributed by atoms with Gasteiger partial charge in [0.25, 0.3) is 0 Å². The molecular weight excluding hydrogens is 209 g/mol. The average Bonchev–Trinajstić information content (AvgIpc) is 1.81. The number of ether oxygens (including phenoxy) is 1. The van der Waals surface area contributed by atoms with E-state index in [1.807, 2.05) is 0 Å². The standard InChI is InChI=1S/C4H6O3.C2HF3O2/c1-3(5)7-4(2)6;3-2(4,5)1(6)7/h1-2H3;(H,6,7). The highest BCUT2D eigenvalue weighted by Crippen LogP contribution is 2.13. The minimum atomic E-state index is -5.08. The molecule has 0 aromatic rings. The SMILES string of the molecule is CC(=O)OC(C)=O.O=C(O)C(F)(F)F. The van der Waals surface area contributed by atoms with Gasteiger partial charge in [0.15, 0.2) is 0 Å². The van der Waals surface area contributed by atoms with Gasteiger partial charge in [-0.3, -0.25) is 9.59 Å². The van der Waals surface area contributed by atoms with Crippen molar-refractivity contribution in [1.82, 2.24) is 0 Å². The van der Waals surface area contributed by atoms with Crippen molar-refractivity contribution in [3.05, 3.63) is 0 Å². The van der Waals surface area contributed by atoms with Gasteiger partial charge in [0, 0.05) is 13.8 Å². The van der Waals surface area contributed by atoms with Crippen LogP contribution in [-0.4, -0.2) is 29.2 Å². The molecule has 1 N–H and O–H groups in total. The van der Waals surface area contributed by atoms with Crippen LogP contribution in [0.2, 0.25) is 0 Å². The van der Waals surface area contributed by atoms with Crippen LogP contribution in [0.25, 0.3) is 0 Å². The van der Waals surface area contributed by atoms with Gasteiger partial charge in [-0.15, -0.1) is 0 Å². The number of carboxylic acids is 1. The maximum atomic E-state index is 10.6. The maximum Gasteiger partial charge on any atom is 0.490 e. The lowest BCUT2D eigenvalue weighted by molar-refractivity contribution is -0.192. The van der Waals surface area contributed by atoms with Crippen molar-refractivity contribution in [2.45, 2.75) is 20.0 Å². The highest BCUT2D eigenvalue weighted by molar-refractivity contribution is 5.82. The van der Waals surface area contributed by atoms with Crippen LogP contribution >= 0.6 is 0 Å². The maximum absolute atomic E-state index is 10.6. The van der Waals surface area contributed by atoms with Crippen LogP contribution in [0.15, 0.2) is 0 Å². The highest BCUT2D eigenvalue weighted by Gasteiger charge is 2.38. The second-order valence-electron chi connectivity index (χ2n) is 1.89. The van der Waals surface area contributed by atoms with Gasteiger partial charge >= 0.3 is 24.1 Å². The van der Waals surface area contributed by atoms with Crippen molar-refractivity contribution >= 4 is 17.9 Å². The van der Waals surface area contributed by atoms with Gasteiger partial charge in [0.2, 0.25) is 0 Å². The van der Waals surface area contributed by atoms with Crippen LogP contribution < -0.4 is 0 Å². The van der Waals surface area contributed by atoms with E-state index in [0.717, 1.165) is 0 Å². The fourth-order valence-electron chi connectivity index (χ4n) is 0.202. The Bertz CT molecular complexity index is 220. The van der Waals surface area contributed by atoms with E-state index in [4.69, 9.17) is 9.90 Å². The first-order valence-corrected chi connectivity index (χ1v) is 3.06. The molecular formula is C6H7F3O5. The van der Waals surface area contributed by atoms with Gasteiger partial charge in [0.05, 0.1) is 0 Å². The van der Waals surface area contributed by atoms with Gasteiger partial charge in [0.1, 0.15) is 0 Å². The average molecular weight is 216 g/mol. The number of hydrogen-bond acceptors (Lipinski definition) is 4. The van der Waals surface area contributed by atoms with Gasteiger partial charge in [-0.2, -0.15) is 13.2 Å². The molecule has 0 heterocycles. The van der Waals surface area contributed by atoms with Crippen LogP contribution in [0.5, 0.6) is 0 Å². The van der Waals surface area contributed by atoms with E-state index < -0.39 is 24.1 Å². The van der Waals surface area contributed by atoms with Crippen molar-refractivity contribution in [3.63, 3.8) is 0 Å². The molecule has 0 amide bonds. The molecule has 0 saturated carbocycles. The second-order valence-corrected chi connectivity index (χ2v) is 1.89. The third-order valence-corrected chi connectivity index (χ3v) is 0.530. The molecule has 5 nitrogen and oxygen atoms in total. The number of carbonyl (C=O) groups excluding carboxylic acids is 2. The molecule has 0 aliphatic carbocycles. The van der Waals surface area contributed by atoms with Crippen LogP contribution in [0, 0.1) is 0 Å². The Hall–Kier alpha value is -1.60. The van der Waals surface area contributed by atoms with Crippen molar-refractivity contribution < 1.29 is 37.4 Å². The summed E-state index contributed by atoms with van der Waals surface area (Å²) in [7, 11) is 0. The highest BCUT2D eigenvalue weighted by atomic mass is 19.4. The molecule has 0 rings (SSSR count). The minimum absolute atomic E-state index is 0.562. The molecule has 0 saturated heterocycles. The Morgan fingerprint density at radius 1 is 1.07 bits per heavy atom. The number of hydrogen-bond donors (Lipinski definition) is 1. The normalized spacial score (nSPS) is 9.50. The molecule has 0 aliphatic heterocycles. The number of rotatable bonds is 0. The Labute approximate surface area is 76.5 Å². The summed E-state index contributed by atoms with van der Waals surface area (Å²) in [6.07, 6.45) is -5.08. The molecule has 82 valence electrons. The number of carbonyl (C=O) groups is 3. The van der Waals surface area contributed by atoms with E-state index >= 15 is 0 Å². The molecule has 0 aromatic carbocycles. The number of halogens is 3. The topological polar surface area (TPSA) is 80.7 Å². The Morgan fingerprint density at radius 2 is 1.29 bits per heavy atom. The van der Waals surface area contributed by atoms with Crippen LogP contribution in [0.1, 0.15) is 13.8 Å². The fraction of sp³-hybridized carbons (Fsp3) is 0.500.